The monoisotopic (exact) mass is 230 g/mol. The molecule has 1 heterocycles. The molecule has 0 nitrogen and oxygen atoms in total. The minimum absolute atomic E-state index is 0.509. The van der Waals surface area contributed by atoms with Crippen molar-refractivity contribution in [1.29, 1.82) is 0 Å². The quantitative estimate of drug-likeness (QED) is 0.459. The van der Waals surface area contributed by atoms with Crippen molar-refractivity contribution in [2.75, 3.05) is 11.5 Å². The van der Waals surface area contributed by atoms with Crippen LogP contribution in [0.2, 0.25) is 0 Å². The van der Waals surface area contributed by atoms with Gasteiger partial charge in [0.05, 0.1) is 4.08 Å². The van der Waals surface area contributed by atoms with Crippen molar-refractivity contribution in [3.05, 3.63) is 12.7 Å². The molecule has 0 aromatic rings. The fourth-order valence-electron chi connectivity index (χ4n) is 1.90. The highest BCUT2D eigenvalue weighted by Gasteiger charge is 2.33. The van der Waals surface area contributed by atoms with Gasteiger partial charge in [0.2, 0.25) is 0 Å². The first-order valence-corrected chi connectivity index (χ1v) is 7.69. The molecule has 0 aliphatic carbocycles. The van der Waals surface area contributed by atoms with Gasteiger partial charge in [-0.2, -0.15) is 0 Å². The Morgan fingerprint density at radius 1 is 1.21 bits per heavy atom. The Morgan fingerprint density at radius 3 is 2.50 bits per heavy atom. The maximum Gasteiger partial charge on any atom is 0.0645 e. The van der Waals surface area contributed by atoms with Crippen LogP contribution in [-0.4, -0.2) is 15.6 Å². The van der Waals surface area contributed by atoms with E-state index < -0.39 is 0 Å². The number of hydrogen-bond acceptors (Lipinski definition) is 2. The number of allylic oxidation sites excluding steroid dienone is 1. The third kappa shape index (κ3) is 3.90. The summed E-state index contributed by atoms with van der Waals surface area (Å²) in [6, 6.07) is 0. The minimum Gasteiger partial charge on any atom is -0.143 e. The van der Waals surface area contributed by atoms with Gasteiger partial charge in [0.25, 0.3) is 0 Å². The summed E-state index contributed by atoms with van der Waals surface area (Å²) in [6.45, 7) is 6.16. The van der Waals surface area contributed by atoms with Crippen molar-refractivity contribution in [2.45, 2.75) is 49.5 Å². The van der Waals surface area contributed by atoms with Crippen molar-refractivity contribution in [3.8, 4) is 0 Å². The highest BCUT2D eigenvalue weighted by molar-refractivity contribution is 8.21. The molecule has 0 atom stereocenters. The van der Waals surface area contributed by atoms with Gasteiger partial charge >= 0.3 is 0 Å². The first-order valence-electron chi connectivity index (χ1n) is 5.72. The first-order chi connectivity index (χ1) is 6.83. The van der Waals surface area contributed by atoms with E-state index in [0.717, 1.165) is 0 Å². The third-order valence-corrected chi connectivity index (χ3v) is 6.26. The molecule has 0 aromatic carbocycles. The Morgan fingerprint density at radius 2 is 1.93 bits per heavy atom. The minimum atomic E-state index is 0.509. The molecule has 0 amide bonds. The van der Waals surface area contributed by atoms with Crippen LogP contribution in [0.1, 0.15) is 45.4 Å². The molecule has 1 fully saturated rings. The zero-order chi connectivity index (χ0) is 10.3. The maximum atomic E-state index is 3.89. The Hall–Kier alpha value is 0.440. The van der Waals surface area contributed by atoms with Gasteiger partial charge in [0, 0.05) is 11.5 Å². The molecular formula is C12H22S2. The van der Waals surface area contributed by atoms with Gasteiger partial charge in [0.15, 0.2) is 0 Å². The van der Waals surface area contributed by atoms with E-state index >= 15 is 0 Å². The average Bonchev–Trinajstić information content (AvgIpc) is 2.63. The fourth-order valence-corrected chi connectivity index (χ4v) is 5.20. The summed E-state index contributed by atoms with van der Waals surface area (Å²) < 4.78 is 0.509. The van der Waals surface area contributed by atoms with Crippen LogP contribution >= 0.6 is 23.5 Å². The molecule has 0 radical (unpaired) electrons. The van der Waals surface area contributed by atoms with E-state index in [-0.39, 0.29) is 0 Å². The second-order valence-electron chi connectivity index (χ2n) is 3.91. The predicted molar refractivity (Wildman–Crippen MR) is 71.2 cm³/mol. The Balaban J connectivity index is 2.24. The molecule has 14 heavy (non-hydrogen) atoms. The highest BCUT2D eigenvalue weighted by Crippen LogP contribution is 2.49. The number of rotatable bonds is 7. The fraction of sp³-hybridized carbons (Fsp3) is 0.833. The molecule has 1 aliphatic heterocycles. The zero-order valence-electron chi connectivity index (χ0n) is 9.26. The van der Waals surface area contributed by atoms with E-state index in [1.165, 1.54) is 50.0 Å². The number of hydrogen-bond donors (Lipinski definition) is 0. The van der Waals surface area contributed by atoms with Crippen LogP contribution < -0.4 is 0 Å². The third-order valence-electron chi connectivity index (χ3n) is 2.68. The van der Waals surface area contributed by atoms with Crippen LogP contribution in [-0.2, 0) is 0 Å². The molecule has 1 rings (SSSR count). The Bertz CT molecular complexity index is 160. The second kappa shape index (κ2) is 6.84. The van der Waals surface area contributed by atoms with Gasteiger partial charge in [-0.25, -0.2) is 0 Å². The van der Waals surface area contributed by atoms with E-state index in [0.29, 0.717) is 4.08 Å². The molecule has 0 saturated carbocycles. The summed E-state index contributed by atoms with van der Waals surface area (Å²) in [6.07, 6.45) is 10.2. The smallest absolute Gasteiger partial charge is 0.0645 e. The lowest BCUT2D eigenvalue weighted by Crippen LogP contribution is -2.15. The highest BCUT2D eigenvalue weighted by atomic mass is 32.2. The van der Waals surface area contributed by atoms with E-state index in [2.05, 4.69) is 43.1 Å². The van der Waals surface area contributed by atoms with E-state index in [9.17, 15) is 0 Å². The Kier molecular flexibility index (Phi) is 6.11. The van der Waals surface area contributed by atoms with Crippen LogP contribution in [0.4, 0.5) is 0 Å². The molecule has 0 spiro atoms. The van der Waals surface area contributed by atoms with Gasteiger partial charge in [-0.05, 0) is 12.8 Å². The number of unbranched alkanes of at least 4 members (excludes halogenated alkanes) is 3. The van der Waals surface area contributed by atoms with Crippen molar-refractivity contribution in [1.82, 2.24) is 0 Å². The predicted octanol–water partition coefficient (Wildman–Crippen LogP) is 4.71. The van der Waals surface area contributed by atoms with Crippen LogP contribution in [0.5, 0.6) is 0 Å². The largest absolute Gasteiger partial charge is 0.143 e. The molecule has 1 saturated heterocycles. The standard InChI is InChI=1S/C12H22S2/c1-3-5-6-7-9-12(8-4-2)13-10-11-14-12/h4H,2-3,5-11H2,1H3. The summed E-state index contributed by atoms with van der Waals surface area (Å²) in [4.78, 5) is 0. The van der Waals surface area contributed by atoms with E-state index in [4.69, 9.17) is 0 Å². The van der Waals surface area contributed by atoms with Crippen LogP contribution in [0, 0.1) is 0 Å². The van der Waals surface area contributed by atoms with Crippen molar-refractivity contribution < 1.29 is 0 Å². The van der Waals surface area contributed by atoms with Crippen LogP contribution in [0.3, 0.4) is 0 Å². The van der Waals surface area contributed by atoms with Crippen molar-refractivity contribution in [2.24, 2.45) is 0 Å². The van der Waals surface area contributed by atoms with Gasteiger partial charge in [-0.15, -0.1) is 30.1 Å². The lowest BCUT2D eigenvalue weighted by atomic mass is 10.1. The molecule has 0 unspecified atom stereocenters. The molecule has 0 N–H and O–H groups in total. The molecule has 2 heteroatoms. The SMILES string of the molecule is C=CCC1(CCCCCC)SCCS1. The lowest BCUT2D eigenvalue weighted by molar-refractivity contribution is 0.602. The molecule has 1 aliphatic rings. The molecule has 0 bridgehead atoms. The van der Waals surface area contributed by atoms with Gasteiger partial charge < -0.3 is 0 Å². The second-order valence-corrected chi connectivity index (χ2v) is 7.13. The summed E-state index contributed by atoms with van der Waals surface area (Å²) in [7, 11) is 0. The summed E-state index contributed by atoms with van der Waals surface area (Å²) in [5.74, 6) is 2.68. The van der Waals surface area contributed by atoms with Gasteiger partial charge in [-0.1, -0.05) is 38.7 Å². The average molecular weight is 230 g/mol. The lowest BCUT2D eigenvalue weighted by Gasteiger charge is -2.25. The topological polar surface area (TPSA) is 0 Å². The molecule has 82 valence electrons. The maximum absolute atomic E-state index is 3.89. The molecule has 0 aromatic heterocycles. The van der Waals surface area contributed by atoms with Crippen molar-refractivity contribution >= 4 is 23.5 Å². The summed E-state index contributed by atoms with van der Waals surface area (Å²) in [5.41, 5.74) is 0. The normalized spacial score (nSPS) is 19.8. The van der Waals surface area contributed by atoms with Gasteiger partial charge in [-0.3, -0.25) is 0 Å². The zero-order valence-corrected chi connectivity index (χ0v) is 10.9. The summed E-state index contributed by atoms with van der Waals surface area (Å²) >= 11 is 4.33. The van der Waals surface area contributed by atoms with Gasteiger partial charge in [0.1, 0.15) is 0 Å². The van der Waals surface area contributed by atoms with Crippen LogP contribution in [0.25, 0.3) is 0 Å². The van der Waals surface area contributed by atoms with Crippen molar-refractivity contribution in [3.63, 3.8) is 0 Å². The summed E-state index contributed by atoms with van der Waals surface area (Å²) in [5, 5.41) is 0. The van der Waals surface area contributed by atoms with E-state index in [1.54, 1.807) is 0 Å². The number of thioether (sulfide) groups is 2. The van der Waals surface area contributed by atoms with E-state index in [1.807, 2.05) is 0 Å². The first kappa shape index (κ1) is 12.5. The molecular weight excluding hydrogens is 208 g/mol. The van der Waals surface area contributed by atoms with Crippen LogP contribution in [0.15, 0.2) is 12.7 Å². The Labute approximate surface area is 97.3 Å².